The lowest BCUT2D eigenvalue weighted by Crippen LogP contribution is -2.44. The van der Waals surface area contributed by atoms with Crippen molar-refractivity contribution in [3.05, 3.63) is 34.4 Å². The number of aromatic nitrogens is 1. The van der Waals surface area contributed by atoms with E-state index in [1.165, 1.54) is 0 Å². The van der Waals surface area contributed by atoms with Gasteiger partial charge in [0.15, 0.2) is 0 Å². The predicted octanol–water partition coefficient (Wildman–Crippen LogP) is 3.74. The minimum absolute atomic E-state index is 0.255. The standard InChI is InChI=1S/C15H16BrN3O/c1-3-6-15(2,9-17)19-14(20)13-7-10-4-5-11(16)8-12(10)18-13/h4-5,7-8,18H,3,6H2,1-2H3,(H,19,20). The molecule has 20 heavy (non-hydrogen) atoms. The molecular weight excluding hydrogens is 318 g/mol. The lowest BCUT2D eigenvalue weighted by atomic mass is 9.98. The van der Waals surface area contributed by atoms with Gasteiger partial charge in [0.1, 0.15) is 11.2 Å². The van der Waals surface area contributed by atoms with Crippen LogP contribution in [0, 0.1) is 11.3 Å². The predicted molar refractivity (Wildman–Crippen MR) is 82.4 cm³/mol. The van der Waals surface area contributed by atoms with E-state index in [2.05, 4.69) is 32.3 Å². The Morgan fingerprint density at radius 1 is 1.50 bits per heavy atom. The molecule has 2 aromatic rings. The molecule has 1 amide bonds. The fourth-order valence-corrected chi connectivity index (χ4v) is 2.55. The van der Waals surface area contributed by atoms with Crippen LogP contribution in [0.2, 0.25) is 0 Å². The first-order valence-corrected chi connectivity index (χ1v) is 7.29. The van der Waals surface area contributed by atoms with Crippen molar-refractivity contribution >= 4 is 32.7 Å². The van der Waals surface area contributed by atoms with Crippen molar-refractivity contribution in [2.24, 2.45) is 0 Å². The van der Waals surface area contributed by atoms with Crippen LogP contribution in [-0.2, 0) is 0 Å². The van der Waals surface area contributed by atoms with E-state index in [0.717, 1.165) is 21.8 Å². The SMILES string of the molecule is CCCC(C)(C#N)NC(=O)c1cc2ccc(Br)cc2[nH]1. The number of benzene rings is 1. The van der Waals surface area contributed by atoms with Crippen LogP contribution in [0.1, 0.15) is 37.2 Å². The van der Waals surface area contributed by atoms with Crippen LogP contribution in [0.3, 0.4) is 0 Å². The molecule has 1 aromatic carbocycles. The average molecular weight is 334 g/mol. The summed E-state index contributed by atoms with van der Waals surface area (Å²) in [6.45, 7) is 3.73. The van der Waals surface area contributed by atoms with Crippen LogP contribution in [-0.4, -0.2) is 16.4 Å². The maximum atomic E-state index is 12.2. The Morgan fingerprint density at radius 3 is 2.90 bits per heavy atom. The molecule has 1 atom stereocenters. The van der Waals surface area contributed by atoms with Crippen molar-refractivity contribution < 1.29 is 4.79 Å². The Balaban J connectivity index is 2.25. The smallest absolute Gasteiger partial charge is 0.268 e. The van der Waals surface area contributed by atoms with Crippen LogP contribution in [0.5, 0.6) is 0 Å². The first-order valence-electron chi connectivity index (χ1n) is 6.49. The van der Waals surface area contributed by atoms with Gasteiger partial charge in [0, 0.05) is 15.4 Å². The molecule has 0 fully saturated rings. The van der Waals surface area contributed by atoms with Gasteiger partial charge in [-0.15, -0.1) is 0 Å². The Hall–Kier alpha value is -1.80. The fraction of sp³-hybridized carbons (Fsp3) is 0.333. The van der Waals surface area contributed by atoms with Crippen LogP contribution < -0.4 is 5.32 Å². The van der Waals surface area contributed by atoms with Gasteiger partial charge in [-0.1, -0.05) is 35.3 Å². The molecule has 1 unspecified atom stereocenters. The van der Waals surface area contributed by atoms with Crippen LogP contribution in [0.25, 0.3) is 10.9 Å². The zero-order valence-corrected chi connectivity index (χ0v) is 13.0. The van der Waals surface area contributed by atoms with Crippen molar-refractivity contribution in [2.45, 2.75) is 32.2 Å². The number of hydrogen-bond donors (Lipinski definition) is 2. The van der Waals surface area contributed by atoms with Crippen molar-refractivity contribution in [3.63, 3.8) is 0 Å². The zero-order valence-electron chi connectivity index (χ0n) is 11.5. The number of halogens is 1. The summed E-state index contributed by atoms with van der Waals surface area (Å²) < 4.78 is 0.951. The van der Waals surface area contributed by atoms with Gasteiger partial charge in [-0.3, -0.25) is 4.79 Å². The second-order valence-electron chi connectivity index (χ2n) is 5.06. The number of H-pyrrole nitrogens is 1. The molecule has 0 aliphatic carbocycles. The number of aromatic amines is 1. The number of amides is 1. The molecule has 2 rings (SSSR count). The van der Waals surface area contributed by atoms with E-state index < -0.39 is 5.54 Å². The number of nitrogens with one attached hydrogen (secondary N) is 2. The maximum Gasteiger partial charge on any atom is 0.268 e. The first kappa shape index (κ1) is 14.6. The van der Waals surface area contributed by atoms with Gasteiger partial charge in [0.2, 0.25) is 0 Å². The third kappa shape index (κ3) is 3.02. The van der Waals surface area contributed by atoms with Gasteiger partial charge in [0.25, 0.3) is 5.91 Å². The number of carbonyl (C=O) groups excluding carboxylic acids is 1. The van der Waals surface area contributed by atoms with E-state index in [1.807, 2.05) is 25.1 Å². The lowest BCUT2D eigenvalue weighted by molar-refractivity contribution is 0.0917. The summed E-state index contributed by atoms with van der Waals surface area (Å²) in [6.07, 6.45) is 1.46. The van der Waals surface area contributed by atoms with E-state index in [0.29, 0.717) is 12.1 Å². The highest BCUT2D eigenvalue weighted by molar-refractivity contribution is 9.10. The minimum Gasteiger partial charge on any atom is -0.350 e. The van der Waals surface area contributed by atoms with Gasteiger partial charge in [-0.25, -0.2) is 0 Å². The molecule has 0 saturated heterocycles. The van der Waals surface area contributed by atoms with Crippen LogP contribution in [0.15, 0.2) is 28.7 Å². The highest BCUT2D eigenvalue weighted by Gasteiger charge is 2.26. The maximum absolute atomic E-state index is 12.2. The normalized spacial score (nSPS) is 13.7. The molecular formula is C15H16BrN3O. The monoisotopic (exact) mass is 333 g/mol. The van der Waals surface area contributed by atoms with Crippen LogP contribution >= 0.6 is 15.9 Å². The molecule has 0 bridgehead atoms. The summed E-state index contributed by atoms with van der Waals surface area (Å²) in [5, 5.41) is 13.0. The fourth-order valence-electron chi connectivity index (χ4n) is 2.19. The summed E-state index contributed by atoms with van der Waals surface area (Å²) >= 11 is 3.40. The summed E-state index contributed by atoms with van der Waals surface area (Å²) in [6, 6.07) is 9.74. The van der Waals surface area contributed by atoms with Gasteiger partial charge in [0.05, 0.1) is 6.07 Å². The number of carbonyl (C=O) groups is 1. The molecule has 0 aliphatic heterocycles. The molecule has 1 aromatic heterocycles. The van der Waals surface area contributed by atoms with E-state index >= 15 is 0 Å². The molecule has 0 aliphatic rings. The molecule has 104 valence electrons. The quantitative estimate of drug-likeness (QED) is 0.894. The molecule has 2 N–H and O–H groups in total. The Morgan fingerprint density at radius 2 is 2.25 bits per heavy atom. The topological polar surface area (TPSA) is 68.7 Å². The summed E-state index contributed by atoms with van der Waals surface area (Å²) in [5.41, 5.74) is 0.526. The van der Waals surface area contributed by atoms with E-state index in [-0.39, 0.29) is 5.91 Å². The number of fused-ring (bicyclic) bond motifs is 1. The molecule has 0 spiro atoms. The van der Waals surface area contributed by atoms with Crippen molar-refractivity contribution in [1.82, 2.24) is 10.3 Å². The van der Waals surface area contributed by atoms with Gasteiger partial charge < -0.3 is 10.3 Å². The Bertz CT molecular complexity index is 686. The zero-order chi connectivity index (χ0) is 14.8. The molecule has 5 heteroatoms. The first-order chi connectivity index (χ1) is 9.47. The largest absolute Gasteiger partial charge is 0.350 e. The second kappa shape index (κ2) is 5.68. The molecule has 0 saturated carbocycles. The Kier molecular flexibility index (Phi) is 4.15. The lowest BCUT2D eigenvalue weighted by Gasteiger charge is -2.22. The molecule has 0 radical (unpaired) electrons. The van der Waals surface area contributed by atoms with Crippen molar-refractivity contribution in [2.75, 3.05) is 0 Å². The Labute approximate surface area is 126 Å². The molecule has 4 nitrogen and oxygen atoms in total. The third-order valence-corrected chi connectivity index (χ3v) is 3.71. The van der Waals surface area contributed by atoms with Gasteiger partial charge in [-0.2, -0.15) is 5.26 Å². The van der Waals surface area contributed by atoms with E-state index in [9.17, 15) is 10.1 Å². The van der Waals surface area contributed by atoms with E-state index in [1.54, 1.807) is 13.0 Å². The van der Waals surface area contributed by atoms with Gasteiger partial charge >= 0.3 is 0 Å². The third-order valence-electron chi connectivity index (χ3n) is 3.22. The average Bonchev–Trinajstić information content (AvgIpc) is 2.82. The minimum atomic E-state index is -0.830. The van der Waals surface area contributed by atoms with Crippen LogP contribution in [0.4, 0.5) is 0 Å². The van der Waals surface area contributed by atoms with Gasteiger partial charge in [-0.05, 0) is 31.5 Å². The van der Waals surface area contributed by atoms with Crippen molar-refractivity contribution in [1.29, 1.82) is 5.26 Å². The highest BCUT2D eigenvalue weighted by Crippen LogP contribution is 2.21. The summed E-state index contributed by atoms with van der Waals surface area (Å²) in [5.74, 6) is -0.255. The number of hydrogen-bond acceptors (Lipinski definition) is 2. The highest BCUT2D eigenvalue weighted by atomic mass is 79.9. The number of nitriles is 1. The van der Waals surface area contributed by atoms with E-state index in [4.69, 9.17) is 0 Å². The number of rotatable bonds is 4. The number of nitrogens with zero attached hydrogens (tertiary/aromatic N) is 1. The summed E-state index contributed by atoms with van der Waals surface area (Å²) in [4.78, 5) is 15.3. The molecule has 1 heterocycles. The van der Waals surface area contributed by atoms with Crippen molar-refractivity contribution in [3.8, 4) is 6.07 Å². The summed E-state index contributed by atoms with van der Waals surface area (Å²) in [7, 11) is 0. The second-order valence-corrected chi connectivity index (χ2v) is 5.98.